The minimum atomic E-state index is 0.586. The lowest BCUT2D eigenvalue weighted by Gasteiger charge is -1.99. The molecule has 17 heavy (non-hydrogen) atoms. The maximum Gasteiger partial charge on any atom is 0.223 e. The lowest BCUT2D eigenvalue weighted by Crippen LogP contribution is -1.97. The van der Waals surface area contributed by atoms with E-state index in [0.29, 0.717) is 5.95 Å². The van der Waals surface area contributed by atoms with Gasteiger partial charge in [-0.05, 0) is 18.2 Å². The fourth-order valence-electron chi connectivity index (χ4n) is 1.69. The predicted molar refractivity (Wildman–Crippen MR) is 66.7 cm³/mol. The van der Waals surface area contributed by atoms with Crippen molar-refractivity contribution in [1.82, 2.24) is 19.9 Å². The van der Waals surface area contributed by atoms with Crippen LogP contribution in [0.4, 0.5) is 5.95 Å². The van der Waals surface area contributed by atoms with Gasteiger partial charge in [-0.3, -0.25) is 0 Å². The maximum absolute atomic E-state index is 4.48. The zero-order valence-corrected chi connectivity index (χ0v) is 9.31. The van der Waals surface area contributed by atoms with Gasteiger partial charge < -0.3 is 10.3 Å². The van der Waals surface area contributed by atoms with E-state index in [9.17, 15) is 0 Å². The Balaban J connectivity index is 2.13. The van der Waals surface area contributed by atoms with Crippen molar-refractivity contribution < 1.29 is 0 Å². The van der Waals surface area contributed by atoms with Crippen molar-refractivity contribution in [2.24, 2.45) is 0 Å². The number of aromatic amines is 1. The van der Waals surface area contributed by atoms with E-state index in [1.165, 1.54) is 0 Å². The van der Waals surface area contributed by atoms with Crippen molar-refractivity contribution in [1.29, 1.82) is 0 Å². The zero-order chi connectivity index (χ0) is 11.7. The van der Waals surface area contributed by atoms with Crippen molar-refractivity contribution in [3.63, 3.8) is 0 Å². The molecule has 0 aliphatic heterocycles. The Morgan fingerprint density at radius 1 is 1.12 bits per heavy atom. The molecule has 3 rings (SSSR count). The molecule has 84 valence electrons. The fourth-order valence-corrected chi connectivity index (χ4v) is 1.69. The molecule has 1 aromatic carbocycles. The quantitative estimate of drug-likeness (QED) is 0.700. The number of imidazole rings is 1. The van der Waals surface area contributed by atoms with Crippen LogP contribution >= 0.6 is 0 Å². The third kappa shape index (κ3) is 1.71. The van der Waals surface area contributed by atoms with Gasteiger partial charge in [0.15, 0.2) is 5.82 Å². The molecule has 5 heteroatoms. The van der Waals surface area contributed by atoms with E-state index in [1.807, 2.05) is 30.3 Å². The minimum Gasteiger partial charge on any atom is -0.357 e. The van der Waals surface area contributed by atoms with Gasteiger partial charge in [0.05, 0.1) is 11.0 Å². The molecule has 2 heterocycles. The van der Waals surface area contributed by atoms with Gasteiger partial charge in [-0.2, -0.15) is 0 Å². The third-order valence-electron chi connectivity index (χ3n) is 2.51. The molecule has 0 aliphatic carbocycles. The van der Waals surface area contributed by atoms with Gasteiger partial charge in [0.2, 0.25) is 5.95 Å². The second-order valence-corrected chi connectivity index (χ2v) is 3.62. The topological polar surface area (TPSA) is 66.5 Å². The van der Waals surface area contributed by atoms with Gasteiger partial charge in [-0.25, -0.2) is 15.0 Å². The van der Waals surface area contributed by atoms with Crippen molar-refractivity contribution >= 4 is 17.0 Å². The average molecular weight is 225 g/mol. The second-order valence-electron chi connectivity index (χ2n) is 3.62. The number of nitrogens with one attached hydrogen (secondary N) is 2. The van der Waals surface area contributed by atoms with Crippen LogP contribution in [0, 0.1) is 0 Å². The lowest BCUT2D eigenvalue weighted by atomic mass is 10.3. The predicted octanol–water partition coefficient (Wildman–Crippen LogP) is 2.06. The first-order chi connectivity index (χ1) is 8.36. The van der Waals surface area contributed by atoms with Crippen LogP contribution in [0.25, 0.3) is 22.6 Å². The number of para-hydroxylation sites is 2. The van der Waals surface area contributed by atoms with Crippen molar-refractivity contribution in [3.8, 4) is 11.5 Å². The highest BCUT2D eigenvalue weighted by atomic mass is 15.1. The molecule has 0 bridgehead atoms. The monoisotopic (exact) mass is 225 g/mol. The molecule has 0 saturated heterocycles. The standard InChI is InChI=1S/C12H11N5/c1-13-12-14-7-6-10(17-12)11-15-8-4-2-3-5-9(8)16-11/h2-7H,1H3,(H,15,16)(H,13,14,17). The van der Waals surface area contributed by atoms with Gasteiger partial charge in [0.1, 0.15) is 5.69 Å². The van der Waals surface area contributed by atoms with Gasteiger partial charge in [-0.15, -0.1) is 0 Å². The van der Waals surface area contributed by atoms with Crippen LogP contribution in [0.3, 0.4) is 0 Å². The molecule has 2 aromatic heterocycles. The average Bonchev–Trinajstić information content (AvgIpc) is 2.82. The Bertz CT molecular complexity index is 626. The normalized spacial score (nSPS) is 10.6. The van der Waals surface area contributed by atoms with Gasteiger partial charge in [-0.1, -0.05) is 12.1 Å². The van der Waals surface area contributed by atoms with Crippen LogP contribution in [0.1, 0.15) is 0 Å². The molecule has 0 radical (unpaired) electrons. The SMILES string of the molecule is CNc1nccc(-c2nc3ccccc3[nH]2)n1. The zero-order valence-electron chi connectivity index (χ0n) is 9.31. The minimum absolute atomic E-state index is 0.586. The number of aromatic nitrogens is 4. The fraction of sp³-hybridized carbons (Fsp3) is 0.0833. The number of hydrogen-bond donors (Lipinski definition) is 2. The summed E-state index contributed by atoms with van der Waals surface area (Å²) in [6.45, 7) is 0. The number of fused-ring (bicyclic) bond motifs is 1. The molecular formula is C12H11N5. The van der Waals surface area contributed by atoms with Crippen LogP contribution in [-0.2, 0) is 0 Å². The summed E-state index contributed by atoms with van der Waals surface area (Å²) < 4.78 is 0. The van der Waals surface area contributed by atoms with Crippen molar-refractivity contribution in [2.75, 3.05) is 12.4 Å². The van der Waals surface area contributed by atoms with Crippen LogP contribution in [0.2, 0.25) is 0 Å². The molecule has 0 fully saturated rings. The summed E-state index contributed by atoms with van der Waals surface area (Å²) in [4.78, 5) is 16.1. The number of benzene rings is 1. The van der Waals surface area contributed by atoms with E-state index in [4.69, 9.17) is 0 Å². The van der Waals surface area contributed by atoms with E-state index in [-0.39, 0.29) is 0 Å². The smallest absolute Gasteiger partial charge is 0.223 e. The van der Waals surface area contributed by atoms with E-state index in [1.54, 1.807) is 13.2 Å². The number of hydrogen-bond acceptors (Lipinski definition) is 4. The highest BCUT2D eigenvalue weighted by Gasteiger charge is 2.06. The Hall–Kier alpha value is -2.43. The largest absolute Gasteiger partial charge is 0.357 e. The van der Waals surface area contributed by atoms with Gasteiger partial charge in [0.25, 0.3) is 0 Å². The van der Waals surface area contributed by atoms with Crippen LogP contribution < -0.4 is 5.32 Å². The Morgan fingerprint density at radius 2 is 2.00 bits per heavy atom. The second kappa shape index (κ2) is 3.86. The molecule has 0 amide bonds. The first-order valence-electron chi connectivity index (χ1n) is 5.33. The summed E-state index contributed by atoms with van der Waals surface area (Å²) in [7, 11) is 1.79. The molecule has 0 atom stereocenters. The van der Waals surface area contributed by atoms with E-state index in [2.05, 4.69) is 25.3 Å². The van der Waals surface area contributed by atoms with Crippen LogP contribution in [0.5, 0.6) is 0 Å². The Labute approximate surface area is 98.0 Å². The number of rotatable bonds is 2. The molecule has 3 aromatic rings. The molecule has 0 unspecified atom stereocenters. The third-order valence-corrected chi connectivity index (χ3v) is 2.51. The van der Waals surface area contributed by atoms with Crippen molar-refractivity contribution in [3.05, 3.63) is 36.5 Å². The molecule has 5 nitrogen and oxygen atoms in total. The number of anilines is 1. The summed E-state index contributed by atoms with van der Waals surface area (Å²) in [6.07, 6.45) is 1.71. The molecule has 2 N–H and O–H groups in total. The van der Waals surface area contributed by atoms with E-state index >= 15 is 0 Å². The van der Waals surface area contributed by atoms with Gasteiger partial charge in [0, 0.05) is 13.2 Å². The first-order valence-corrected chi connectivity index (χ1v) is 5.33. The number of H-pyrrole nitrogens is 1. The summed E-state index contributed by atoms with van der Waals surface area (Å²) in [5.41, 5.74) is 2.72. The number of nitrogens with zero attached hydrogens (tertiary/aromatic N) is 3. The van der Waals surface area contributed by atoms with Crippen LogP contribution in [-0.4, -0.2) is 27.0 Å². The maximum atomic E-state index is 4.48. The Morgan fingerprint density at radius 3 is 2.82 bits per heavy atom. The van der Waals surface area contributed by atoms with E-state index in [0.717, 1.165) is 22.6 Å². The van der Waals surface area contributed by atoms with Gasteiger partial charge >= 0.3 is 0 Å². The summed E-state index contributed by atoms with van der Waals surface area (Å²) >= 11 is 0. The molecule has 0 aliphatic rings. The highest BCUT2D eigenvalue weighted by Crippen LogP contribution is 2.18. The van der Waals surface area contributed by atoms with Crippen LogP contribution in [0.15, 0.2) is 36.5 Å². The van der Waals surface area contributed by atoms with Crippen molar-refractivity contribution in [2.45, 2.75) is 0 Å². The lowest BCUT2D eigenvalue weighted by molar-refractivity contribution is 1.13. The summed E-state index contributed by atoms with van der Waals surface area (Å²) in [6, 6.07) is 9.73. The first kappa shape index (κ1) is 9.77. The summed E-state index contributed by atoms with van der Waals surface area (Å²) in [5.74, 6) is 1.34. The Kier molecular flexibility index (Phi) is 2.22. The summed E-state index contributed by atoms with van der Waals surface area (Å²) in [5, 5.41) is 2.91. The molecular weight excluding hydrogens is 214 g/mol. The van der Waals surface area contributed by atoms with E-state index < -0.39 is 0 Å². The molecule has 0 saturated carbocycles. The molecule has 0 spiro atoms. The highest BCUT2D eigenvalue weighted by molar-refractivity contribution is 5.78.